The summed E-state index contributed by atoms with van der Waals surface area (Å²) < 4.78 is 5.87. The first kappa shape index (κ1) is 12.0. The topological polar surface area (TPSA) is 38.3 Å². The second-order valence-electron chi connectivity index (χ2n) is 3.13. The number of ether oxygens (including phenoxy) is 1. The van der Waals surface area contributed by atoms with Crippen molar-refractivity contribution in [2.45, 2.75) is 19.9 Å². The predicted octanol–water partition coefficient (Wildman–Crippen LogP) is 2.81. The van der Waals surface area contributed by atoms with Crippen molar-refractivity contribution in [2.24, 2.45) is 0 Å². The van der Waals surface area contributed by atoms with Crippen LogP contribution in [0.5, 0.6) is 0 Å². The van der Waals surface area contributed by atoms with Crippen molar-refractivity contribution in [1.29, 1.82) is 0 Å². The summed E-state index contributed by atoms with van der Waals surface area (Å²) in [6.45, 7) is 3.98. The molecule has 0 aliphatic rings. The molecule has 0 radical (unpaired) electrons. The lowest BCUT2D eigenvalue weighted by Gasteiger charge is -2.13. The molecule has 1 atom stereocenters. The molecule has 0 fully saturated rings. The van der Waals surface area contributed by atoms with Gasteiger partial charge in [0, 0.05) is 10.2 Å². The van der Waals surface area contributed by atoms with Crippen LogP contribution in [-0.4, -0.2) is 18.6 Å². The van der Waals surface area contributed by atoms with E-state index < -0.39 is 0 Å². The molecule has 0 saturated carbocycles. The van der Waals surface area contributed by atoms with Gasteiger partial charge >= 0.3 is 5.97 Å². The first-order valence-electron chi connectivity index (χ1n) is 4.82. The van der Waals surface area contributed by atoms with Crippen LogP contribution >= 0.6 is 15.9 Å². The quantitative estimate of drug-likeness (QED) is 0.856. The van der Waals surface area contributed by atoms with Gasteiger partial charge in [0.2, 0.25) is 0 Å². The Morgan fingerprint density at radius 3 is 2.93 bits per heavy atom. The third-order valence-corrected chi connectivity index (χ3v) is 2.34. The van der Waals surface area contributed by atoms with E-state index in [2.05, 4.69) is 21.2 Å². The third-order valence-electron chi connectivity index (χ3n) is 1.85. The monoisotopic (exact) mass is 271 g/mol. The zero-order valence-corrected chi connectivity index (χ0v) is 10.4. The molecule has 0 heterocycles. The van der Waals surface area contributed by atoms with Gasteiger partial charge in [-0.05, 0) is 32.0 Å². The minimum absolute atomic E-state index is 0.238. The summed E-state index contributed by atoms with van der Waals surface area (Å²) in [5.41, 5.74) is 0.893. The number of benzene rings is 1. The van der Waals surface area contributed by atoms with Crippen LogP contribution in [0, 0.1) is 0 Å². The molecule has 82 valence electrons. The van der Waals surface area contributed by atoms with Gasteiger partial charge in [0.15, 0.2) is 0 Å². The van der Waals surface area contributed by atoms with Gasteiger partial charge in [-0.2, -0.15) is 0 Å². The highest BCUT2D eigenvalue weighted by molar-refractivity contribution is 9.10. The molecule has 4 heteroatoms. The highest BCUT2D eigenvalue weighted by Crippen LogP contribution is 2.16. The van der Waals surface area contributed by atoms with Gasteiger partial charge in [0.05, 0.1) is 6.61 Å². The summed E-state index contributed by atoms with van der Waals surface area (Å²) in [5, 5.41) is 3.06. The average molecular weight is 272 g/mol. The van der Waals surface area contributed by atoms with Crippen molar-refractivity contribution in [3.8, 4) is 0 Å². The van der Waals surface area contributed by atoms with Crippen LogP contribution in [0.25, 0.3) is 0 Å². The van der Waals surface area contributed by atoms with Crippen LogP contribution < -0.4 is 5.32 Å². The van der Waals surface area contributed by atoms with Crippen molar-refractivity contribution in [2.75, 3.05) is 11.9 Å². The molecule has 0 amide bonds. The number of carbonyl (C=O) groups is 1. The van der Waals surface area contributed by atoms with Crippen LogP contribution in [0.15, 0.2) is 28.7 Å². The molecule has 1 aromatic carbocycles. The molecular formula is C11H14BrNO2. The second kappa shape index (κ2) is 5.75. The number of hydrogen-bond acceptors (Lipinski definition) is 3. The van der Waals surface area contributed by atoms with Gasteiger partial charge in [0.25, 0.3) is 0 Å². The summed E-state index contributed by atoms with van der Waals surface area (Å²) in [6, 6.07) is 7.32. The Labute approximate surface area is 97.9 Å². The van der Waals surface area contributed by atoms with Gasteiger partial charge < -0.3 is 10.1 Å². The number of halogens is 1. The van der Waals surface area contributed by atoms with Crippen LogP contribution in [0.3, 0.4) is 0 Å². The molecule has 1 rings (SSSR count). The first-order chi connectivity index (χ1) is 7.13. The van der Waals surface area contributed by atoms with E-state index in [1.807, 2.05) is 24.3 Å². The van der Waals surface area contributed by atoms with Gasteiger partial charge in [0.1, 0.15) is 6.04 Å². The molecule has 1 N–H and O–H groups in total. The normalized spacial score (nSPS) is 11.9. The Balaban J connectivity index is 2.58. The molecule has 0 saturated heterocycles. The predicted molar refractivity (Wildman–Crippen MR) is 63.9 cm³/mol. The smallest absolute Gasteiger partial charge is 0.328 e. The van der Waals surface area contributed by atoms with Crippen LogP contribution in [-0.2, 0) is 9.53 Å². The molecule has 0 aromatic heterocycles. The molecule has 0 aliphatic heterocycles. The Kier molecular flexibility index (Phi) is 4.62. The van der Waals surface area contributed by atoms with E-state index in [0.29, 0.717) is 6.61 Å². The number of rotatable bonds is 4. The van der Waals surface area contributed by atoms with Gasteiger partial charge in [-0.25, -0.2) is 4.79 Å². The fourth-order valence-electron chi connectivity index (χ4n) is 1.15. The Hall–Kier alpha value is -1.03. The third kappa shape index (κ3) is 3.91. The number of carbonyl (C=O) groups excluding carboxylic acids is 1. The zero-order chi connectivity index (χ0) is 11.3. The largest absolute Gasteiger partial charge is 0.464 e. The summed E-state index contributed by atoms with van der Waals surface area (Å²) in [5.74, 6) is -0.238. The summed E-state index contributed by atoms with van der Waals surface area (Å²) in [7, 11) is 0. The van der Waals surface area contributed by atoms with E-state index in [9.17, 15) is 4.79 Å². The SMILES string of the molecule is CCOC(=O)C(C)Nc1cccc(Br)c1. The molecule has 0 aliphatic carbocycles. The number of hydrogen-bond donors (Lipinski definition) is 1. The van der Waals surface area contributed by atoms with E-state index >= 15 is 0 Å². The van der Waals surface area contributed by atoms with Crippen LogP contribution in [0.1, 0.15) is 13.8 Å². The highest BCUT2D eigenvalue weighted by atomic mass is 79.9. The summed E-state index contributed by atoms with van der Waals surface area (Å²) in [4.78, 5) is 11.3. The lowest BCUT2D eigenvalue weighted by atomic mass is 10.2. The van der Waals surface area contributed by atoms with Crippen molar-refractivity contribution >= 4 is 27.6 Å². The maximum atomic E-state index is 11.3. The fraction of sp³-hybridized carbons (Fsp3) is 0.364. The average Bonchev–Trinajstić information content (AvgIpc) is 2.18. The molecule has 0 spiro atoms. The number of anilines is 1. The molecule has 1 aromatic rings. The van der Waals surface area contributed by atoms with E-state index in [1.54, 1.807) is 13.8 Å². The second-order valence-corrected chi connectivity index (χ2v) is 4.04. The Morgan fingerprint density at radius 2 is 2.33 bits per heavy atom. The molecule has 0 bridgehead atoms. The van der Waals surface area contributed by atoms with Crippen molar-refractivity contribution in [3.05, 3.63) is 28.7 Å². The molecule has 15 heavy (non-hydrogen) atoms. The van der Waals surface area contributed by atoms with Crippen molar-refractivity contribution in [3.63, 3.8) is 0 Å². The molecular weight excluding hydrogens is 258 g/mol. The first-order valence-corrected chi connectivity index (χ1v) is 5.61. The van der Waals surface area contributed by atoms with E-state index in [4.69, 9.17) is 4.74 Å². The Morgan fingerprint density at radius 1 is 1.60 bits per heavy atom. The van der Waals surface area contributed by atoms with E-state index in [-0.39, 0.29) is 12.0 Å². The lowest BCUT2D eigenvalue weighted by molar-refractivity contribution is -0.143. The zero-order valence-electron chi connectivity index (χ0n) is 8.79. The van der Waals surface area contributed by atoms with E-state index in [1.165, 1.54) is 0 Å². The summed E-state index contributed by atoms with van der Waals surface area (Å²) in [6.07, 6.45) is 0. The summed E-state index contributed by atoms with van der Waals surface area (Å²) >= 11 is 3.36. The maximum Gasteiger partial charge on any atom is 0.328 e. The fourth-order valence-corrected chi connectivity index (χ4v) is 1.55. The lowest BCUT2D eigenvalue weighted by Crippen LogP contribution is -2.28. The maximum absolute atomic E-state index is 11.3. The highest BCUT2D eigenvalue weighted by Gasteiger charge is 2.12. The minimum atomic E-state index is -0.334. The van der Waals surface area contributed by atoms with Crippen molar-refractivity contribution in [1.82, 2.24) is 0 Å². The van der Waals surface area contributed by atoms with Gasteiger partial charge in [-0.1, -0.05) is 22.0 Å². The van der Waals surface area contributed by atoms with Gasteiger partial charge in [-0.3, -0.25) is 0 Å². The minimum Gasteiger partial charge on any atom is -0.464 e. The number of esters is 1. The standard InChI is InChI=1S/C11H14BrNO2/c1-3-15-11(14)8(2)13-10-6-4-5-9(12)7-10/h4-8,13H,3H2,1-2H3. The van der Waals surface area contributed by atoms with Crippen LogP contribution in [0.4, 0.5) is 5.69 Å². The molecule has 1 unspecified atom stereocenters. The number of nitrogens with one attached hydrogen (secondary N) is 1. The van der Waals surface area contributed by atoms with Gasteiger partial charge in [-0.15, -0.1) is 0 Å². The Bertz CT molecular complexity index is 341. The van der Waals surface area contributed by atoms with E-state index in [0.717, 1.165) is 10.2 Å². The van der Waals surface area contributed by atoms with Crippen molar-refractivity contribution < 1.29 is 9.53 Å². The molecule has 3 nitrogen and oxygen atoms in total. The van der Waals surface area contributed by atoms with Crippen LogP contribution in [0.2, 0.25) is 0 Å².